The molecule has 0 aliphatic rings. The SMILES string of the molecule is CN(C)C=Nc1cccnc1[N+](=O)[O-].Cl. The molecule has 0 amide bonds. The molecule has 0 fully saturated rings. The molecule has 1 rings (SSSR count). The van der Waals surface area contributed by atoms with Crippen LogP contribution in [0.2, 0.25) is 0 Å². The van der Waals surface area contributed by atoms with E-state index in [9.17, 15) is 10.1 Å². The third-order valence-corrected chi connectivity index (χ3v) is 1.37. The van der Waals surface area contributed by atoms with E-state index in [0.717, 1.165) is 0 Å². The maximum absolute atomic E-state index is 10.5. The van der Waals surface area contributed by atoms with Crippen molar-refractivity contribution in [1.29, 1.82) is 0 Å². The van der Waals surface area contributed by atoms with Gasteiger partial charge < -0.3 is 15.0 Å². The summed E-state index contributed by atoms with van der Waals surface area (Å²) in [7, 11) is 3.57. The molecule has 0 atom stereocenters. The van der Waals surface area contributed by atoms with Crippen molar-refractivity contribution in [2.75, 3.05) is 14.1 Å². The summed E-state index contributed by atoms with van der Waals surface area (Å²) in [5.41, 5.74) is 0.256. The van der Waals surface area contributed by atoms with E-state index in [-0.39, 0.29) is 23.9 Å². The van der Waals surface area contributed by atoms with Crippen molar-refractivity contribution in [2.24, 2.45) is 4.99 Å². The zero-order valence-electron chi connectivity index (χ0n) is 8.32. The van der Waals surface area contributed by atoms with Crippen LogP contribution in [0.1, 0.15) is 0 Å². The highest BCUT2D eigenvalue weighted by atomic mass is 35.5. The number of aromatic nitrogens is 1. The fourth-order valence-corrected chi connectivity index (χ4v) is 0.808. The average molecular weight is 231 g/mol. The molecule has 1 aromatic rings. The van der Waals surface area contributed by atoms with Gasteiger partial charge in [-0.2, -0.15) is 0 Å². The molecule has 0 spiro atoms. The molecule has 6 nitrogen and oxygen atoms in total. The van der Waals surface area contributed by atoms with Crippen molar-refractivity contribution in [3.05, 3.63) is 28.4 Å². The maximum Gasteiger partial charge on any atom is 0.389 e. The first-order valence-electron chi connectivity index (χ1n) is 3.91. The quantitative estimate of drug-likeness (QED) is 0.342. The Hall–Kier alpha value is -1.69. The van der Waals surface area contributed by atoms with Gasteiger partial charge in [0, 0.05) is 14.1 Å². The summed E-state index contributed by atoms with van der Waals surface area (Å²) < 4.78 is 0. The highest BCUT2D eigenvalue weighted by Gasteiger charge is 2.12. The Labute approximate surface area is 93.2 Å². The second-order valence-electron chi connectivity index (χ2n) is 2.81. The molecular formula is C8H11ClN4O2. The predicted octanol–water partition coefficient (Wildman–Crippen LogP) is 1.63. The number of halogens is 1. The molecule has 0 bridgehead atoms. The number of rotatable bonds is 3. The topological polar surface area (TPSA) is 71.6 Å². The largest absolute Gasteiger partial charge is 0.389 e. The van der Waals surface area contributed by atoms with Crippen LogP contribution in [0.4, 0.5) is 11.5 Å². The first kappa shape index (κ1) is 13.3. The first-order valence-corrected chi connectivity index (χ1v) is 3.91. The average Bonchev–Trinajstić information content (AvgIpc) is 2.15. The lowest BCUT2D eigenvalue weighted by atomic mass is 10.4. The van der Waals surface area contributed by atoms with Crippen molar-refractivity contribution < 1.29 is 4.92 Å². The molecule has 15 heavy (non-hydrogen) atoms. The van der Waals surface area contributed by atoms with Crippen LogP contribution in [0.15, 0.2) is 23.3 Å². The number of hydrogen-bond donors (Lipinski definition) is 0. The smallest absolute Gasteiger partial charge is 0.369 e. The molecule has 0 radical (unpaired) electrons. The summed E-state index contributed by atoms with van der Waals surface area (Å²) in [5, 5.41) is 10.5. The van der Waals surface area contributed by atoms with Crippen molar-refractivity contribution in [3.63, 3.8) is 0 Å². The van der Waals surface area contributed by atoms with Gasteiger partial charge in [0.15, 0.2) is 5.69 Å². The number of aliphatic imine (C=N–C) groups is 1. The van der Waals surface area contributed by atoms with Crippen molar-refractivity contribution >= 4 is 30.3 Å². The van der Waals surface area contributed by atoms with E-state index in [2.05, 4.69) is 9.98 Å². The van der Waals surface area contributed by atoms with E-state index in [4.69, 9.17) is 0 Å². The van der Waals surface area contributed by atoms with Crippen molar-refractivity contribution in [2.45, 2.75) is 0 Å². The molecule has 1 heterocycles. The summed E-state index contributed by atoms with van der Waals surface area (Å²) in [5.74, 6) is -0.231. The minimum absolute atomic E-state index is 0. The van der Waals surface area contributed by atoms with Gasteiger partial charge in [0.05, 0.1) is 6.34 Å². The molecule has 0 unspecified atom stereocenters. The lowest BCUT2D eigenvalue weighted by molar-refractivity contribution is -0.388. The van der Waals surface area contributed by atoms with Crippen LogP contribution in [0.3, 0.4) is 0 Å². The standard InChI is InChI=1S/C8H10N4O2.ClH/c1-11(2)6-10-7-4-3-5-9-8(7)12(13)14;/h3-6H,1-2H3;1H. The predicted molar refractivity (Wildman–Crippen MR) is 60.0 cm³/mol. The number of nitro groups is 1. The normalized spacial score (nSPS) is 9.73. The van der Waals surface area contributed by atoms with Gasteiger partial charge in [0.2, 0.25) is 0 Å². The molecule has 0 N–H and O–H groups in total. The molecule has 0 aliphatic carbocycles. The van der Waals surface area contributed by atoms with E-state index in [0.29, 0.717) is 0 Å². The van der Waals surface area contributed by atoms with Gasteiger partial charge in [-0.3, -0.25) is 0 Å². The second-order valence-corrected chi connectivity index (χ2v) is 2.81. The van der Waals surface area contributed by atoms with Gasteiger partial charge in [0.1, 0.15) is 6.20 Å². The Morgan fingerprint density at radius 1 is 1.60 bits per heavy atom. The second kappa shape index (κ2) is 5.92. The number of nitrogens with zero attached hydrogens (tertiary/aromatic N) is 4. The lowest BCUT2D eigenvalue weighted by Crippen LogP contribution is -2.07. The molecule has 0 saturated heterocycles. The van der Waals surface area contributed by atoms with Crippen molar-refractivity contribution in [1.82, 2.24) is 9.88 Å². The molecule has 0 saturated carbocycles. The summed E-state index contributed by atoms with van der Waals surface area (Å²) in [6.07, 6.45) is 2.86. The van der Waals surface area contributed by atoms with Gasteiger partial charge in [-0.1, -0.05) is 0 Å². The Bertz CT molecular complexity index is 367. The third kappa shape index (κ3) is 3.90. The highest BCUT2D eigenvalue weighted by Crippen LogP contribution is 2.22. The van der Waals surface area contributed by atoms with Gasteiger partial charge in [-0.05, 0) is 22.0 Å². The zero-order chi connectivity index (χ0) is 10.6. The van der Waals surface area contributed by atoms with E-state index < -0.39 is 4.92 Å². The summed E-state index contributed by atoms with van der Waals surface area (Å²) in [6, 6.07) is 3.15. The van der Waals surface area contributed by atoms with Crippen LogP contribution in [0.25, 0.3) is 0 Å². The third-order valence-electron chi connectivity index (χ3n) is 1.37. The first-order chi connectivity index (χ1) is 6.61. The van der Waals surface area contributed by atoms with E-state index in [1.54, 1.807) is 31.1 Å². The van der Waals surface area contributed by atoms with Crippen LogP contribution >= 0.6 is 12.4 Å². The Morgan fingerprint density at radius 2 is 2.27 bits per heavy atom. The van der Waals surface area contributed by atoms with Crippen LogP contribution in [-0.4, -0.2) is 35.2 Å². The summed E-state index contributed by atoms with van der Waals surface area (Å²) in [6.45, 7) is 0. The van der Waals surface area contributed by atoms with Crippen molar-refractivity contribution in [3.8, 4) is 0 Å². The van der Waals surface area contributed by atoms with Crippen LogP contribution in [-0.2, 0) is 0 Å². The minimum Gasteiger partial charge on any atom is -0.369 e. The maximum atomic E-state index is 10.5. The minimum atomic E-state index is -0.553. The molecule has 0 aliphatic heterocycles. The van der Waals surface area contributed by atoms with Gasteiger partial charge >= 0.3 is 5.82 Å². The molecule has 0 aromatic carbocycles. The zero-order valence-corrected chi connectivity index (χ0v) is 9.14. The van der Waals surface area contributed by atoms with Gasteiger partial charge in [-0.25, -0.2) is 4.99 Å². The van der Waals surface area contributed by atoms with Gasteiger partial charge in [-0.15, -0.1) is 12.4 Å². The van der Waals surface area contributed by atoms with E-state index in [1.807, 2.05) is 0 Å². The van der Waals surface area contributed by atoms with Crippen LogP contribution in [0, 0.1) is 10.1 Å². The fourth-order valence-electron chi connectivity index (χ4n) is 0.808. The van der Waals surface area contributed by atoms with Gasteiger partial charge in [0.25, 0.3) is 0 Å². The summed E-state index contributed by atoms with van der Waals surface area (Å²) in [4.78, 5) is 19.2. The van der Waals surface area contributed by atoms with E-state index in [1.165, 1.54) is 12.5 Å². The monoisotopic (exact) mass is 230 g/mol. The number of hydrogen-bond acceptors (Lipinski definition) is 4. The fraction of sp³-hybridized carbons (Fsp3) is 0.250. The molecule has 1 aromatic heterocycles. The van der Waals surface area contributed by atoms with E-state index >= 15 is 0 Å². The highest BCUT2D eigenvalue weighted by molar-refractivity contribution is 5.85. The molecule has 82 valence electrons. The lowest BCUT2D eigenvalue weighted by Gasteiger charge is -2.01. The Balaban J connectivity index is 0.00000196. The molecule has 7 heteroatoms. The Morgan fingerprint density at radius 3 is 2.80 bits per heavy atom. The number of pyridine rings is 1. The van der Waals surface area contributed by atoms with Crippen LogP contribution in [0.5, 0.6) is 0 Å². The summed E-state index contributed by atoms with van der Waals surface area (Å²) >= 11 is 0. The Kier molecular flexibility index (Phi) is 5.25. The molecular weight excluding hydrogens is 220 g/mol. The van der Waals surface area contributed by atoms with Crippen LogP contribution < -0.4 is 0 Å².